The van der Waals surface area contributed by atoms with Crippen molar-refractivity contribution >= 4 is 11.6 Å². The first kappa shape index (κ1) is 14.8. The molecule has 2 unspecified atom stereocenters. The summed E-state index contributed by atoms with van der Waals surface area (Å²) in [6, 6.07) is 10.8. The lowest BCUT2D eigenvalue weighted by Gasteiger charge is -2.31. The largest absolute Gasteiger partial charge is 0.376 e. The second kappa shape index (κ2) is 8.54. The summed E-state index contributed by atoms with van der Waals surface area (Å²) < 4.78 is 11.3. The highest BCUT2D eigenvalue weighted by molar-refractivity contribution is 6.17. The van der Waals surface area contributed by atoms with Crippen LogP contribution in [0, 0.1) is 0 Å². The molecular weight excluding hydrogens is 262 g/mol. The lowest BCUT2D eigenvalue weighted by Crippen LogP contribution is -2.48. The molecule has 1 aliphatic rings. The molecule has 1 fully saturated rings. The molecule has 1 aliphatic heterocycles. The van der Waals surface area contributed by atoms with E-state index >= 15 is 0 Å². The SMILES string of the molecule is ClCCCNC(Cc1ccccc1)C1COCCO1. The average Bonchev–Trinajstić information content (AvgIpc) is 2.48. The van der Waals surface area contributed by atoms with E-state index in [-0.39, 0.29) is 12.1 Å². The summed E-state index contributed by atoms with van der Waals surface area (Å²) in [7, 11) is 0. The van der Waals surface area contributed by atoms with Crippen LogP contribution in [0.15, 0.2) is 30.3 Å². The zero-order valence-electron chi connectivity index (χ0n) is 11.2. The van der Waals surface area contributed by atoms with E-state index in [4.69, 9.17) is 21.1 Å². The van der Waals surface area contributed by atoms with Crippen LogP contribution in [0.4, 0.5) is 0 Å². The van der Waals surface area contributed by atoms with Gasteiger partial charge in [0.2, 0.25) is 0 Å². The Morgan fingerprint density at radius 1 is 1.26 bits per heavy atom. The van der Waals surface area contributed by atoms with Crippen molar-refractivity contribution in [2.24, 2.45) is 0 Å². The first-order chi connectivity index (χ1) is 9.40. The third kappa shape index (κ3) is 5.11. The lowest BCUT2D eigenvalue weighted by atomic mass is 10.0. The van der Waals surface area contributed by atoms with Gasteiger partial charge in [-0.25, -0.2) is 0 Å². The highest BCUT2D eigenvalue weighted by Gasteiger charge is 2.24. The Labute approximate surface area is 120 Å². The van der Waals surface area contributed by atoms with Gasteiger partial charge in [0.05, 0.1) is 25.9 Å². The number of nitrogens with one attached hydrogen (secondary N) is 1. The van der Waals surface area contributed by atoms with Crippen molar-refractivity contribution in [3.8, 4) is 0 Å². The molecule has 0 amide bonds. The molecule has 3 nitrogen and oxygen atoms in total. The molecule has 0 radical (unpaired) electrons. The van der Waals surface area contributed by atoms with E-state index in [1.165, 1.54) is 5.56 Å². The van der Waals surface area contributed by atoms with Crippen molar-refractivity contribution in [2.75, 3.05) is 32.2 Å². The molecule has 0 bridgehead atoms. The van der Waals surface area contributed by atoms with E-state index in [9.17, 15) is 0 Å². The molecule has 0 saturated carbocycles. The minimum atomic E-state index is 0.129. The van der Waals surface area contributed by atoms with Crippen LogP contribution < -0.4 is 5.32 Å². The van der Waals surface area contributed by atoms with Gasteiger partial charge in [0, 0.05) is 11.9 Å². The monoisotopic (exact) mass is 283 g/mol. The summed E-state index contributed by atoms with van der Waals surface area (Å²) in [4.78, 5) is 0. The van der Waals surface area contributed by atoms with E-state index in [1.807, 2.05) is 6.07 Å². The fourth-order valence-corrected chi connectivity index (χ4v) is 2.43. The van der Waals surface area contributed by atoms with Crippen LogP contribution in [0.25, 0.3) is 0 Å². The standard InChI is InChI=1S/C15H22ClNO2/c16-7-4-8-17-14(15-12-18-9-10-19-15)11-13-5-2-1-3-6-13/h1-3,5-6,14-15,17H,4,7-12H2. The van der Waals surface area contributed by atoms with E-state index in [0.717, 1.165) is 19.4 Å². The Kier molecular flexibility index (Phi) is 6.65. The quantitative estimate of drug-likeness (QED) is 0.615. The van der Waals surface area contributed by atoms with Gasteiger partial charge in [0.1, 0.15) is 0 Å². The van der Waals surface area contributed by atoms with Gasteiger partial charge < -0.3 is 14.8 Å². The van der Waals surface area contributed by atoms with Crippen molar-refractivity contribution < 1.29 is 9.47 Å². The maximum absolute atomic E-state index is 5.82. The lowest BCUT2D eigenvalue weighted by molar-refractivity contribution is -0.101. The van der Waals surface area contributed by atoms with Gasteiger partial charge in [0.15, 0.2) is 0 Å². The van der Waals surface area contributed by atoms with Gasteiger partial charge in [-0.1, -0.05) is 30.3 Å². The number of rotatable bonds is 7. The van der Waals surface area contributed by atoms with Crippen LogP contribution >= 0.6 is 11.6 Å². The minimum Gasteiger partial charge on any atom is -0.376 e. The highest BCUT2D eigenvalue weighted by Crippen LogP contribution is 2.12. The Morgan fingerprint density at radius 3 is 2.79 bits per heavy atom. The first-order valence-electron chi connectivity index (χ1n) is 6.93. The Balaban J connectivity index is 1.92. The number of halogens is 1. The van der Waals surface area contributed by atoms with Gasteiger partial charge in [-0.3, -0.25) is 0 Å². The fourth-order valence-electron chi connectivity index (χ4n) is 2.30. The number of ether oxygens (including phenoxy) is 2. The summed E-state index contributed by atoms with van der Waals surface area (Å²) in [6.45, 7) is 2.98. The third-order valence-electron chi connectivity index (χ3n) is 3.31. The Hall–Kier alpha value is -0.610. The highest BCUT2D eigenvalue weighted by atomic mass is 35.5. The zero-order valence-corrected chi connectivity index (χ0v) is 11.9. The van der Waals surface area contributed by atoms with Crippen molar-refractivity contribution in [1.29, 1.82) is 0 Å². The Bertz CT molecular complexity index is 341. The predicted octanol–water partition coefficient (Wildman–Crippen LogP) is 2.23. The topological polar surface area (TPSA) is 30.5 Å². The summed E-state index contributed by atoms with van der Waals surface area (Å²) in [5, 5.41) is 3.55. The van der Waals surface area contributed by atoms with Crippen LogP contribution in [-0.2, 0) is 15.9 Å². The van der Waals surface area contributed by atoms with Gasteiger partial charge in [-0.05, 0) is 24.9 Å². The minimum absolute atomic E-state index is 0.129. The Morgan fingerprint density at radius 2 is 2.11 bits per heavy atom. The summed E-state index contributed by atoms with van der Waals surface area (Å²) in [6.07, 6.45) is 2.06. The number of alkyl halides is 1. The zero-order chi connectivity index (χ0) is 13.3. The molecule has 2 rings (SSSR count). The van der Waals surface area contributed by atoms with Gasteiger partial charge in [-0.2, -0.15) is 0 Å². The van der Waals surface area contributed by atoms with Crippen molar-refractivity contribution in [3.05, 3.63) is 35.9 Å². The molecule has 0 spiro atoms. The third-order valence-corrected chi connectivity index (χ3v) is 3.57. The average molecular weight is 284 g/mol. The predicted molar refractivity (Wildman–Crippen MR) is 77.8 cm³/mol. The number of hydrogen-bond donors (Lipinski definition) is 1. The molecule has 1 heterocycles. The van der Waals surface area contributed by atoms with Crippen molar-refractivity contribution in [2.45, 2.75) is 25.0 Å². The smallest absolute Gasteiger partial charge is 0.0965 e. The van der Waals surface area contributed by atoms with Gasteiger partial charge in [0.25, 0.3) is 0 Å². The van der Waals surface area contributed by atoms with Crippen LogP contribution in [0.2, 0.25) is 0 Å². The van der Waals surface area contributed by atoms with E-state index in [2.05, 4.69) is 29.6 Å². The fraction of sp³-hybridized carbons (Fsp3) is 0.600. The van der Waals surface area contributed by atoms with Crippen molar-refractivity contribution in [1.82, 2.24) is 5.32 Å². The summed E-state index contributed by atoms with van der Waals surface area (Å²) in [5.41, 5.74) is 1.32. The van der Waals surface area contributed by atoms with Gasteiger partial charge in [-0.15, -0.1) is 11.6 Å². The van der Waals surface area contributed by atoms with Crippen LogP contribution in [0.1, 0.15) is 12.0 Å². The second-order valence-corrected chi connectivity index (χ2v) is 5.15. The molecule has 1 N–H and O–H groups in total. The molecule has 1 saturated heterocycles. The van der Waals surface area contributed by atoms with Crippen LogP contribution in [0.3, 0.4) is 0 Å². The molecule has 0 aliphatic carbocycles. The molecule has 1 aromatic rings. The molecule has 4 heteroatoms. The van der Waals surface area contributed by atoms with Crippen LogP contribution in [-0.4, -0.2) is 44.4 Å². The summed E-state index contributed by atoms with van der Waals surface area (Å²) >= 11 is 5.74. The second-order valence-electron chi connectivity index (χ2n) is 4.78. The molecule has 106 valence electrons. The van der Waals surface area contributed by atoms with E-state index < -0.39 is 0 Å². The van der Waals surface area contributed by atoms with Crippen LogP contribution in [0.5, 0.6) is 0 Å². The molecule has 1 aromatic carbocycles. The number of hydrogen-bond acceptors (Lipinski definition) is 3. The van der Waals surface area contributed by atoms with Gasteiger partial charge >= 0.3 is 0 Å². The summed E-state index contributed by atoms with van der Waals surface area (Å²) in [5.74, 6) is 0.688. The normalized spacial score (nSPS) is 21.2. The first-order valence-corrected chi connectivity index (χ1v) is 7.46. The maximum Gasteiger partial charge on any atom is 0.0965 e. The maximum atomic E-state index is 5.82. The molecular formula is C15H22ClNO2. The molecule has 0 aromatic heterocycles. The molecule has 2 atom stereocenters. The van der Waals surface area contributed by atoms with E-state index in [1.54, 1.807) is 0 Å². The van der Waals surface area contributed by atoms with Crippen molar-refractivity contribution in [3.63, 3.8) is 0 Å². The van der Waals surface area contributed by atoms with E-state index in [0.29, 0.717) is 25.7 Å². The number of benzene rings is 1. The molecule has 19 heavy (non-hydrogen) atoms.